The number of hydrogen-bond acceptors (Lipinski definition) is 4. The maximum absolute atomic E-state index is 12.3. The average molecular weight is 324 g/mol. The first kappa shape index (κ1) is 16.2. The van der Waals surface area contributed by atoms with Gasteiger partial charge >= 0.3 is 5.97 Å². The second-order valence-corrected chi connectivity index (χ2v) is 6.97. The van der Waals surface area contributed by atoms with E-state index in [0.717, 1.165) is 0 Å². The second-order valence-electron chi connectivity index (χ2n) is 5.25. The molecule has 118 valence electrons. The lowest BCUT2D eigenvalue weighted by Crippen LogP contribution is -2.44. The minimum Gasteiger partial charge on any atom is -0.480 e. The fourth-order valence-electron chi connectivity index (χ4n) is 2.01. The molecule has 0 bridgehead atoms. The molecule has 1 aromatic carbocycles. The Balaban J connectivity index is 2.43. The van der Waals surface area contributed by atoms with Gasteiger partial charge < -0.3 is 10.1 Å². The molecule has 2 rings (SSSR count). The minimum absolute atomic E-state index is 0.0565. The van der Waals surface area contributed by atoms with Crippen LogP contribution < -0.4 is 10.3 Å². The number of H-pyrrole nitrogens is 1. The molecule has 2 aromatic rings. The summed E-state index contributed by atoms with van der Waals surface area (Å²) in [6.45, 7) is 3.23. The van der Waals surface area contributed by atoms with Gasteiger partial charge in [0.15, 0.2) is 0 Å². The number of sulfonamides is 1. The van der Waals surface area contributed by atoms with E-state index >= 15 is 0 Å². The monoisotopic (exact) mass is 324 g/mol. The van der Waals surface area contributed by atoms with E-state index in [9.17, 15) is 18.0 Å². The van der Waals surface area contributed by atoms with Crippen LogP contribution in [0, 0.1) is 5.92 Å². The van der Waals surface area contributed by atoms with Crippen LogP contribution in [0.4, 0.5) is 0 Å². The van der Waals surface area contributed by atoms with Crippen molar-refractivity contribution >= 4 is 26.9 Å². The third kappa shape index (κ3) is 3.34. The lowest BCUT2D eigenvalue weighted by atomic mass is 10.1. The van der Waals surface area contributed by atoms with Crippen molar-refractivity contribution in [1.82, 2.24) is 9.71 Å². The fourth-order valence-corrected chi connectivity index (χ4v) is 3.38. The topological polar surface area (TPSA) is 116 Å². The summed E-state index contributed by atoms with van der Waals surface area (Å²) in [7, 11) is -3.97. The van der Waals surface area contributed by atoms with Crippen molar-refractivity contribution in [2.75, 3.05) is 0 Å². The van der Waals surface area contributed by atoms with Gasteiger partial charge in [-0.15, -0.1) is 0 Å². The maximum Gasteiger partial charge on any atom is 0.322 e. The van der Waals surface area contributed by atoms with Crippen molar-refractivity contribution in [1.29, 1.82) is 0 Å². The Kier molecular flexibility index (Phi) is 4.34. The van der Waals surface area contributed by atoms with Crippen LogP contribution in [0.15, 0.2) is 40.0 Å². The number of fused-ring (bicyclic) bond motifs is 1. The van der Waals surface area contributed by atoms with Crippen molar-refractivity contribution in [3.8, 4) is 0 Å². The van der Waals surface area contributed by atoms with Gasteiger partial charge in [0.25, 0.3) is 0 Å². The van der Waals surface area contributed by atoms with Crippen molar-refractivity contribution < 1.29 is 18.3 Å². The number of carboxylic acids is 1. The third-order valence-electron chi connectivity index (χ3n) is 3.22. The molecule has 0 aliphatic heterocycles. The number of benzene rings is 1. The number of carboxylic acid groups (broad SMARTS) is 1. The lowest BCUT2D eigenvalue weighted by Gasteiger charge is -2.18. The molecule has 1 heterocycles. The summed E-state index contributed by atoms with van der Waals surface area (Å²) in [5, 5.41) is 9.63. The van der Waals surface area contributed by atoms with Gasteiger partial charge in [0.2, 0.25) is 15.6 Å². The van der Waals surface area contributed by atoms with Crippen molar-refractivity contribution in [3.63, 3.8) is 0 Å². The first-order chi connectivity index (χ1) is 10.2. The van der Waals surface area contributed by atoms with E-state index in [1.165, 1.54) is 30.3 Å². The molecule has 0 fully saturated rings. The Labute approximate surface area is 127 Å². The highest BCUT2D eigenvalue weighted by Crippen LogP contribution is 2.17. The predicted molar refractivity (Wildman–Crippen MR) is 81.2 cm³/mol. The summed E-state index contributed by atoms with van der Waals surface area (Å²) in [6.07, 6.45) is 0. The van der Waals surface area contributed by atoms with Gasteiger partial charge in [-0.1, -0.05) is 13.8 Å². The Morgan fingerprint density at radius 2 is 1.91 bits per heavy atom. The Morgan fingerprint density at radius 3 is 2.50 bits per heavy atom. The smallest absolute Gasteiger partial charge is 0.322 e. The molecule has 7 nitrogen and oxygen atoms in total. The Bertz CT molecular complexity index is 870. The molecule has 0 aliphatic carbocycles. The molecular weight excluding hydrogens is 308 g/mol. The second kappa shape index (κ2) is 5.90. The Hall–Kier alpha value is -2.19. The molecule has 0 saturated heterocycles. The number of pyridine rings is 1. The predicted octanol–water partition coefficient (Wildman–Crippen LogP) is 0.916. The highest BCUT2D eigenvalue weighted by Gasteiger charge is 2.28. The molecule has 1 aromatic heterocycles. The number of nitrogens with one attached hydrogen (secondary N) is 2. The molecule has 22 heavy (non-hydrogen) atoms. The molecule has 1 unspecified atom stereocenters. The van der Waals surface area contributed by atoms with E-state index in [4.69, 9.17) is 5.11 Å². The van der Waals surface area contributed by atoms with E-state index < -0.39 is 28.0 Å². The quantitative estimate of drug-likeness (QED) is 0.756. The third-order valence-corrected chi connectivity index (χ3v) is 4.66. The van der Waals surface area contributed by atoms with Gasteiger partial charge in [-0.25, -0.2) is 8.42 Å². The highest BCUT2D eigenvalue weighted by atomic mass is 32.2. The zero-order chi connectivity index (χ0) is 16.5. The van der Waals surface area contributed by atoms with E-state index in [0.29, 0.717) is 10.9 Å². The molecule has 0 spiro atoms. The van der Waals surface area contributed by atoms with Crippen LogP contribution in [-0.4, -0.2) is 30.5 Å². The van der Waals surface area contributed by atoms with Crippen LogP contribution in [0.2, 0.25) is 0 Å². The van der Waals surface area contributed by atoms with Crippen molar-refractivity contribution in [2.24, 2.45) is 5.92 Å². The number of carbonyl (C=O) groups is 1. The summed E-state index contributed by atoms with van der Waals surface area (Å²) in [6, 6.07) is 5.75. The summed E-state index contributed by atoms with van der Waals surface area (Å²) in [5.41, 5.74) is 0.220. The molecule has 8 heteroatoms. The minimum atomic E-state index is -3.97. The summed E-state index contributed by atoms with van der Waals surface area (Å²) >= 11 is 0. The van der Waals surface area contributed by atoms with Crippen LogP contribution in [0.25, 0.3) is 10.9 Å². The molecule has 0 radical (unpaired) electrons. The lowest BCUT2D eigenvalue weighted by molar-refractivity contribution is -0.140. The number of aliphatic carboxylic acids is 1. The van der Waals surface area contributed by atoms with E-state index in [1.54, 1.807) is 13.8 Å². The number of aromatic nitrogens is 1. The first-order valence-electron chi connectivity index (χ1n) is 6.59. The van der Waals surface area contributed by atoms with Gasteiger partial charge in [-0.3, -0.25) is 9.59 Å². The largest absolute Gasteiger partial charge is 0.480 e. The van der Waals surface area contributed by atoms with E-state index in [1.807, 2.05) is 0 Å². The van der Waals surface area contributed by atoms with Crippen LogP contribution >= 0.6 is 0 Å². The highest BCUT2D eigenvalue weighted by molar-refractivity contribution is 7.89. The summed E-state index contributed by atoms with van der Waals surface area (Å²) in [4.78, 5) is 24.9. The van der Waals surface area contributed by atoms with Gasteiger partial charge in [-0.2, -0.15) is 4.72 Å². The summed E-state index contributed by atoms with van der Waals surface area (Å²) in [5.74, 6) is -1.63. The number of rotatable bonds is 5. The van der Waals surface area contributed by atoms with Crippen molar-refractivity contribution in [2.45, 2.75) is 24.8 Å². The molecule has 0 saturated carbocycles. The molecule has 3 N–H and O–H groups in total. The fraction of sp³-hybridized carbons (Fsp3) is 0.286. The zero-order valence-electron chi connectivity index (χ0n) is 12.0. The van der Waals surface area contributed by atoms with Crippen LogP contribution in [-0.2, 0) is 14.8 Å². The van der Waals surface area contributed by atoms with Crippen LogP contribution in [0.3, 0.4) is 0 Å². The normalized spacial score (nSPS) is 13.4. The van der Waals surface area contributed by atoms with E-state index in [-0.39, 0.29) is 10.5 Å². The van der Waals surface area contributed by atoms with Gasteiger partial charge in [0.05, 0.1) is 4.90 Å². The molecular formula is C14H16N2O5S. The van der Waals surface area contributed by atoms with E-state index in [2.05, 4.69) is 9.71 Å². The SMILES string of the molecule is CC(C)C(NS(=O)(=O)c1ccc2[nH]c(=O)ccc2c1)C(=O)O. The molecule has 0 amide bonds. The number of hydrogen-bond donors (Lipinski definition) is 3. The summed E-state index contributed by atoms with van der Waals surface area (Å²) < 4.78 is 26.8. The first-order valence-corrected chi connectivity index (χ1v) is 8.07. The van der Waals surface area contributed by atoms with Crippen molar-refractivity contribution in [3.05, 3.63) is 40.7 Å². The zero-order valence-corrected chi connectivity index (χ0v) is 12.8. The van der Waals surface area contributed by atoms with Crippen LogP contribution in [0.1, 0.15) is 13.8 Å². The van der Waals surface area contributed by atoms with Gasteiger partial charge in [0, 0.05) is 11.6 Å². The molecule has 1 atom stereocenters. The van der Waals surface area contributed by atoms with Gasteiger partial charge in [0.1, 0.15) is 6.04 Å². The Morgan fingerprint density at radius 1 is 1.23 bits per heavy atom. The van der Waals surface area contributed by atoms with Gasteiger partial charge in [-0.05, 0) is 35.6 Å². The average Bonchev–Trinajstić information content (AvgIpc) is 2.43. The van der Waals surface area contributed by atoms with Crippen LogP contribution in [0.5, 0.6) is 0 Å². The molecule has 0 aliphatic rings. The maximum atomic E-state index is 12.3. The number of aromatic amines is 1. The standard InChI is InChI=1S/C14H16N2O5S/c1-8(2)13(14(18)19)16-22(20,21)10-4-5-11-9(7-10)3-6-12(17)15-11/h3-8,13,16H,1-2H3,(H,15,17)(H,18,19).